The third-order valence-corrected chi connectivity index (χ3v) is 4.97. The van der Waals surface area contributed by atoms with Crippen LogP contribution in [0.25, 0.3) is 5.69 Å². The number of hydrogen-bond donors (Lipinski definition) is 1. The first kappa shape index (κ1) is 19.6. The number of ether oxygens (including phenoxy) is 1. The SMILES string of the molecule is COC(=O)c1ccc(-n2nnnc2SCC(=O)Nc2c(C)cccc2C)cc1. The molecule has 0 aliphatic heterocycles. The van der Waals surface area contributed by atoms with Crippen molar-refractivity contribution in [1.29, 1.82) is 0 Å². The lowest BCUT2D eigenvalue weighted by molar-refractivity contribution is -0.113. The van der Waals surface area contributed by atoms with Crippen LogP contribution in [0.15, 0.2) is 47.6 Å². The van der Waals surface area contributed by atoms with E-state index in [0.717, 1.165) is 16.8 Å². The van der Waals surface area contributed by atoms with Gasteiger partial charge in [0.05, 0.1) is 24.1 Å². The van der Waals surface area contributed by atoms with Crippen molar-refractivity contribution in [1.82, 2.24) is 20.2 Å². The zero-order valence-corrected chi connectivity index (χ0v) is 16.5. The summed E-state index contributed by atoms with van der Waals surface area (Å²) in [6, 6.07) is 12.5. The van der Waals surface area contributed by atoms with E-state index in [-0.39, 0.29) is 11.7 Å². The number of esters is 1. The topological polar surface area (TPSA) is 99.0 Å². The first-order valence-electron chi connectivity index (χ1n) is 8.45. The Morgan fingerprint density at radius 1 is 1.11 bits per heavy atom. The van der Waals surface area contributed by atoms with Gasteiger partial charge in [-0.15, -0.1) is 5.10 Å². The molecule has 0 bridgehead atoms. The molecule has 0 spiro atoms. The zero-order valence-electron chi connectivity index (χ0n) is 15.7. The molecule has 0 fully saturated rings. The number of nitrogens with one attached hydrogen (secondary N) is 1. The standard InChI is InChI=1S/C19H19N5O3S/c1-12-5-4-6-13(2)17(12)20-16(25)11-28-19-21-22-23-24(19)15-9-7-14(8-10-15)18(26)27-3/h4-10H,11H2,1-3H3,(H,20,25). The summed E-state index contributed by atoms with van der Waals surface area (Å²) in [6.45, 7) is 3.91. The van der Waals surface area contributed by atoms with Crippen LogP contribution in [0, 0.1) is 13.8 Å². The second kappa shape index (κ2) is 8.66. The highest BCUT2D eigenvalue weighted by molar-refractivity contribution is 7.99. The van der Waals surface area contributed by atoms with Crippen molar-refractivity contribution in [2.45, 2.75) is 19.0 Å². The van der Waals surface area contributed by atoms with Crippen LogP contribution in [0.5, 0.6) is 0 Å². The highest BCUT2D eigenvalue weighted by Crippen LogP contribution is 2.22. The highest BCUT2D eigenvalue weighted by Gasteiger charge is 2.14. The fourth-order valence-corrected chi connectivity index (χ4v) is 3.30. The van der Waals surface area contributed by atoms with Gasteiger partial charge in [-0.2, -0.15) is 4.68 Å². The average Bonchev–Trinajstić information content (AvgIpc) is 3.17. The predicted octanol–water partition coefficient (Wildman–Crippen LogP) is 2.80. The Morgan fingerprint density at radius 3 is 2.43 bits per heavy atom. The molecule has 0 aliphatic rings. The number of rotatable bonds is 6. The van der Waals surface area contributed by atoms with Gasteiger partial charge in [-0.25, -0.2) is 4.79 Å². The molecule has 1 amide bonds. The maximum Gasteiger partial charge on any atom is 0.337 e. The predicted molar refractivity (Wildman–Crippen MR) is 106 cm³/mol. The number of amides is 1. The second-order valence-corrected chi connectivity index (χ2v) is 6.96. The number of methoxy groups -OCH3 is 1. The molecule has 28 heavy (non-hydrogen) atoms. The number of carbonyl (C=O) groups excluding carboxylic acids is 2. The van der Waals surface area contributed by atoms with Crippen LogP contribution in [-0.4, -0.2) is 44.9 Å². The normalized spacial score (nSPS) is 10.5. The number of aromatic nitrogens is 4. The van der Waals surface area contributed by atoms with Crippen molar-refractivity contribution in [2.75, 3.05) is 18.2 Å². The number of carbonyl (C=O) groups is 2. The first-order valence-corrected chi connectivity index (χ1v) is 9.44. The molecule has 0 radical (unpaired) electrons. The number of aryl methyl sites for hydroxylation is 2. The number of tetrazole rings is 1. The maximum atomic E-state index is 12.4. The summed E-state index contributed by atoms with van der Waals surface area (Å²) in [5.41, 5.74) is 3.95. The van der Waals surface area contributed by atoms with E-state index in [9.17, 15) is 9.59 Å². The molecule has 0 unspecified atom stereocenters. The highest BCUT2D eigenvalue weighted by atomic mass is 32.2. The van der Waals surface area contributed by atoms with Crippen LogP contribution in [0.4, 0.5) is 5.69 Å². The van der Waals surface area contributed by atoms with Crippen molar-refractivity contribution in [2.24, 2.45) is 0 Å². The van der Waals surface area contributed by atoms with Crippen LogP contribution in [-0.2, 0) is 9.53 Å². The molecule has 1 aromatic heterocycles. The van der Waals surface area contributed by atoms with E-state index in [0.29, 0.717) is 16.4 Å². The van der Waals surface area contributed by atoms with Crippen LogP contribution < -0.4 is 5.32 Å². The lowest BCUT2D eigenvalue weighted by atomic mass is 10.1. The minimum atomic E-state index is -0.416. The fraction of sp³-hybridized carbons (Fsp3) is 0.211. The molecule has 0 saturated carbocycles. The van der Waals surface area contributed by atoms with Crippen molar-refractivity contribution in [3.05, 3.63) is 59.2 Å². The van der Waals surface area contributed by atoms with E-state index in [1.165, 1.54) is 23.6 Å². The van der Waals surface area contributed by atoms with Gasteiger partial charge in [-0.1, -0.05) is 30.0 Å². The van der Waals surface area contributed by atoms with Crippen molar-refractivity contribution in [3.63, 3.8) is 0 Å². The Morgan fingerprint density at radius 2 is 1.79 bits per heavy atom. The van der Waals surface area contributed by atoms with Gasteiger partial charge in [0, 0.05) is 5.69 Å². The lowest BCUT2D eigenvalue weighted by Crippen LogP contribution is -2.16. The van der Waals surface area contributed by atoms with Gasteiger partial charge in [-0.3, -0.25) is 4.79 Å². The number of anilines is 1. The quantitative estimate of drug-likeness (QED) is 0.504. The Kier molecular flexibility index (Phi) is 6.05. The van der Waals surface area contributed by atoms with Crippen LogP contribution in [0.1, 0.15) is 21.5 Å². The smallest absolute Gasteiger partial charge is 0.337 e. The molecule has 8 nitrogen and oxygen atoms in total. The Labute approximate surface area is 166 Å². The van der Waals surface area contributed by atoms with E-state index in [2.05, 4.69) is 25.6 Å². The summed E-state index contributed by atoms with van der Waals surface area (Å²) < 4.78 is 6.20. The van der Waals surface area contributed by atoms with E-state index in [4.69, 9.17) is 0 Å². The molecule has 0 atom stereocenters. The summed E-state index contributed by atoms with van der Waals surface area (Å²) in [7, 11) is 1.33. The first-order chi connectivity index (χ1) is 13.5. The lowest BCUT2D eigenvalue weighted by Gasteiger charge is -2.11. The summed E-state index contributed by atoms with van der Waals surface area (Å²) in [4.78, 5) is 23.9. The molecule has 0 aliphatic carbocycles. The van der Waals surface area contributed by atoms with Crippen molar-refractivity contribution >= 4 is 29.3 Å². The minimum absolute atomic E-state index is 0.141. The van der Waals surface area contributed by atoms with Crippen LogP contribution in [0.2, 0.25) is 0 Å². The second-order valence-electron chi connectivity index (χ2n) is 6.02. The molecular weight excluding hydrogens is 378 g/mol. The van der Waals surface area contributed by atoms with E-state index < -0.39 is 5.97 Å². The Balaban J connectivity index is 1.67. The van der Waals surface area contributed by atoms with E-state index >= 15 is 0 Å². The van der Waals surface area contributed by atoms with Gasteiger partial charge < -0.3 is 10.1 Å². The average molecular weight is 397 g/mol. The maximum absolute atomic E-state index is 12.4. The van der Waals surface area contributed by atoms with Gasteiger partial charge >= 0.3 is 5.97 Å². The summed E-state index contributed by atoms with van der Waals surface area (Å²) in [6.07, 6.45) is 0. The summed E-state index contributed by atoms with van der Waals surface area (Å²) >= 11 is 1.23. The minimum Gasteiger partial charge on any atom is -0.465 e. The van der Waals surface area contributed by atoms with Gasteiger partial charge in [0.2, 0.25) is 11.1 Å². The number of para-hydroxylation sites is 1. The number of thioether (sulfide) groups is 1. The van der Waals surface area contributed by atoms with Crippen LogP contribution >= 0.6 is 11.8 Å². The Hall–Kier alpha value is -3.20. The third kappa shape index (κ3) is 4.37. The van der Waals surface area contributed by atoms with Crippen molar-refractivity contribution < 1.29 is 14.3 Å². The Bertz CT molecular complexity index is 981. The van der Waals surface area contributed by atoms with E-state index in [1.54, 1.807) is 24.3 Å². The molecule has 144 valence electrons. The zero-order chi connectivity index (χ0) is 20.1. The number of nitrogens with zero attached hydrogens (tertiary/aromatic N) is 4. The van der Waals surface area contributed by atoms with Gasteiger partial charge in [0.15, 0.2) is 0 Å². The molecule has 3 rings (SSSR count). The largest absolute Gasteiger partial charge is 0.465 e. The molecule has 1 heterocycles. The molecule has 1 N–H and O–H groups in total. The van der Waals surface area contributed by atoms with Crippen LogP contribution in [0.3, 0.4) is 0 Å². The number of benzene rings is 2. The molecule has 2 aromatic carbocycles. The van der Waals surface area contributed by atoms with E-state index in [1.807, 2.05) is 32.0 Å². The number of hydrogen-bond acceptors (Lipinski definition) is 7. The summed E-state index contributed by atoms with van der Waals surface area (Å²) in [5.74, 6) is -0.395. The molecular formula is C19H19N5O3S. The van der Waals surface area contributed by atoms with Gasteiger partial charge in [0.25, 0.3) is 0 Å². The van der Waals surface area contributed by atoms with Crippen molar-refractivity contribution in [3.8, 4) is 5.69 Å². The molecule has 9 heteroatoms. The third-order valence-electron chi connectivity index (χ3n) is 4.05. The fourth-order valence-electron chi connectivity index (χ4n) is 2.60. The van der Waals surface area contributed by atoms with Gasteiger partial charge in [-0.05, 0) is 59.7 Å². The van der Waals surface area contributed by atoms with Gasteiger partial charge in [0.1, 0.15) is 0 Å². The monoisotopic (exact) mass is 397 g/mol. The molecule has 3 aromatic rings. The molecule has 0 saturated heterocycles. The summed E-state index contributed by atoms with van der Waals surface area (Å²) in [5, 5.41) is 15.0.